The molecule has 53 heavy (non-hydrogen) atoms. The summed E-state index contributed by atoms with van der Waals surface area (Å²) in [6.45, 7) is 8.17. The van der Waals surface area contributed by atoms with E-state index in [1.807, 2.05) is 63.5 Å². The molecule has 2 amide bonds. The first-order valence-corrected chi connectivity index (χ1v) is 21.0. The van der Waals surface area contributed by atoms with Crippen LogP contribution in [0.1, 0.15) is 51.2 Å². The van der Waals surface area contributed by atoms with Gasteiger partial charge in [-0.25, -0.2) is 4.79 Å². The van der Waals surface area contributed by atoms with Crippen LogP contribution in [0.5, 0.6) is 0 Å². The molecule has 0 aromatic heterocycles. The molecule has 11 atom stereocenters. The van der Waals surface area contributed by atoms with Gasteiger partial charge in [0.15, 0.2) is 0 Å². The second-order valence-corrected chi connectivity index (χ2v) is 17.9. The van der Waals surface area contributed by atoms with Crippen LogP contribution >= 0.6 is 23.5 Å². The van der Waals surface area contributed by atoms with Crippen molar-refractivity contribution in [3.63, 3.8) is 0 Å². The van der Waals surface area contributed by atoms with E-state index >= 15 is 0 Å². The molecular formula is C40H59N3O8S2. The van der Waals surface area contributed by atoms with Gasteiger partial charge in [-0.05, 0) is 81.1 Å². The summed E-state index contributed by atoms with van der Waals surface area (Å²) in [6.07, 6.45) is -1.03. The zero-order chi connectivity index (χ0) is 38.2. The van der Waals surface area contributed by atoms with Crippen molar-refractivity contribution >= 4 is 35.5 Å². The highest BCUT2D eigenvalue weighted by Gasteiger charge is 2.53. The molecule has 13 heteroatoms. The molecule has 0 radical (unpaired) electrons. The number of aliphatic hydroxyl groups is 3. The number of ether oxygens (including phenoxy) is 3. The Bertz CT molecular complexity index is 1450. The number of nitrogens with zero attached hydrogens (tertiary/aromatic N) is 2. The van der Waals surface area contributed by atoms with Gasteiger partial charge in [0.05, 0.1) is 12.1 Å². The highest BCUT2D eigenvalue weighted by atomic mass is 32.2. The number of hydrogen-bond acceptors (Lipinski definition) is 11. The molecule has 3 saturated heterocycles. The van der Waals surface area contributed by atoms with Crippen LogP contribution in [0.2, 0.25) is 0 Å². The summed E-state index contributed by atoms with van der Waals surface area (Å²) in [5.41, 5.74) is 1.22. The average molecular weight is 774 g/mol. The minimum atomic E-state index is -1.48. The Hall–Kier alpha value is -2.36. The van der Waals surface area contributed by atoms with Gasteiger partial charge >= 0.3 is 6.09 Å². The molecule has 294 valence electrons. The lowest BCUT2D eigenvalue weighted by Gasteiger charge is -2.45. The SMILES string of the molecule is CSC1O[C@H]([C@H](NC(=O)[C@@H]2[C@@H]3OCC[C@@H](CC(C)C)C[C@H]3CN2C(=O)OCc2ccccc2)[C@H](C)Sc2ccc(CCN(C)C)cc2)[C@@H](O)C(O)[C@H]1O. The second-order valence-electron chi connectivity index (χ2n) is 15.5. The van der Waals surface area contributed by atoms with Crippen LogP contribution in [-0.2, 0) is 32.0 Å². The van der Waals surface area contributed by atoms with E-state index in [4.69, 9.17) is 14.2 Å². The Labute approximate surface area is 323 Å². The van der Waals surface area contributed by atoms with Crippen molar-refractivity contribution in [2.45, 2.75) is 111 Å². The summed E-state index contributed by atoms with van der Waals surface area (Å²) in [5.74, 6) is 0.422. The quantitative estimate of drug-likeness (QED) is 0.203. The van der Waals surface area contributed by atoms with E-state index in [0.717, 1.165) is 42.7 Å². The Morgan fingerprint density at radius 3 is 2.38 bits per heavy atom. The van der Waals surface area contributed by atoms with E-state index in [-0.39, 0.29) is 17.8 Å². The van der Waals surface area contributed by atoms with Crippen molar-refractivity contribution in [2.75, 3.05) is 40.0 Å². The first kappa shape index (κ1) is 41.8. The number of likely N-dealkylation sites (N-methyl/N-ethyl adjacent to an activating group) is 1. The number of benzene rings is 2. The van der Waals surface area contributed by atoms with Crippen molar-refractivity contribution in [3.8, 4) is 0 Å². The molecule has 3 heterocycles. The molecule has 5 rings (SSSR count). The van der Waals surface area contributed by atoms with Crippen LogP contribution in [0.3, 0.4) is 0 Å². The number of aliphatic hydroxyl groups excluding tert-OH is 3. The average Bonchev–Trinajstić information content (AvgIpc) is 3.38. The highest BCUT2D eigenvalue weighted by Crippen LogP contribution is 2.39. The number of amides is 2. The third-order valence-electron chi connectivity index (χ3n) is 10.6. The third-order valence-corrected chi connectivity index (χ3v) is 12.7. The summed E-state index contributed by atoms with van der Waals surface area (Å²) in [5, 5.41) is 35.8. The molecule has 0 saturated carbocycles. The number of carbonyl (C=O) groups excluding carboxylic acids is 2. The molecule has 11 nitrogen and oxygen atoms in total. The van der Waals surface area contributed by atoms with Gasteiger partial charge < -0.3 is 39.7 Å². The maximum Gasteiger partial charge on any atom is 0.410 e. The van der Waals surface area contributed by atoms with Crippen LogP contribution in [0, 0.1) is 17.8 Å². The number of fused-ring (bicyclic) bond motifs is 1. The molecular weight excluding hydrogens is 715 g/mol. The summed E-state index contributed by atoms with van der Waals surface area (Å²) in [4.78, 5) is 33.2. The van der Waals surface area contributed by atoms with Crippen LogP contribution < -0.4 is 5.32 Å². The van der Waals surface area contributed by atoms with E-state index in [0.29, 0.717) is 25.0 Å². The van der Waals surface area contributed by atoms with Gasteiger partial charge in [0, 0.05) is 35.8 Å². The fourth-order valence-corrected chi connectivity index (χ4v) is 9.65. The number of hydrogen-bond donors (Lipinski definition) is 4. The molecule has 2 aromatic carbocycles. The normalized spacial score (nSPS) is 30.1. The standard InChI is InChI=1S/C40H59N3O8S2/c1-24(2)20-28-17-19-49-36-29(21-28)22-43(40(48)50-23-27-10-8-7-9-11-27)32(36)38(47)41-31(37-34(45)33(44)35(46)39(51-37)52-6)25(3)53-30-14-12-26(13-15-30)16-18-42(4)5/h7-15,24-25,28-29,31-37,39,44-46H,16-23H2,1-6H3,(H,41,47)/t25-,28-,29-,31+,32-,33?,34-,35+,36+,37+,39?/m0/s1. The maximum absolute atomic E-state index is 14.7. The minimum Gasteiger partial charge on any atom is -0.445 e. The molecule has 0 aliphatic carbocycles. The second kappa shape index (κ2) is 19.5. The van der Waals surface area contributed by atoms with Crippen molar-refractivity contribution in [3.05, 3.63) is 65.7 Å². The summed E-state index contributed by atoms with van der Waals surface area (Å²) in [7, 11) is 4.09. The zero-order valence-corrected chi connectivity index (χ0v) is 33.5. The van der Waals surface area contributed by atoms with Gasteiger partial charge in [0.2, 0.25) is 5.91 Å². The Kier molecular flexibility index (Phi) is 15.4. The topological polar surface area (TPSA) is 141 Å². The van der Waals surface area contributed by atoms with Crippen LogP contribution in [-0.4, -0.2) is 130 Å². The lowest BCUT2D eigenvalue weighted by Crippen LogP contribution is -2.66. The largest absolute Gasteiger partial charge is 0.445 e. The minimum absolute atomic E-state index is 0.0631. The van der Waals surface area contributed by atoms with Crippen molar-refractivity contribution in [2.24, 2.45) is 17.8 Å². The van der Waals surface area contributed by atoms with Crippen molar-refractivity contribution in [1.29, 1.82) is 0 Å². The molecule has 0 bridgehead atoms. The van der Waals surface area contributed by atoms with Crippen LogP contribution in [0.15, 0.2) is 59.5 Å². The van der Waals surface area contributed by atoms with Gasteiger partial charge in [0.1, 0.15) is 42.5 Å². The maximum atomic E-state index is 14.7. The van der Waals surface area contributed by atoms with E-state index in [1.54, 1.807) is 6.26 Å². The number of thioether (sulfide) groups is 2. The molecule has 3 aliphatic heterocycles. The highest BCUT2D eigenvalue weighted by molar-refractivity contribution is 8.00. The Morgan fingerprint density at radius 2 is 1.72 bits per heavy atom. The number of likely N-dealkylation sites (tertiary alicyclic amines) is 1. The number of nitrogens with one attached hydrogen (secondary N) is 1. The van der Waals surface area contributed by atoms with Gasteiger partial charge in [-0.15, -0.1) is 23.5 Å². The predicted octanol–water partition coefficient (Wildman–Crippen LogP) is 4.41. The van der Waals surface area contributed by atoms with Crippen molar-refractivity contribution in [1.82, 2.24) is 15.1 Å². The monoisotopic (exact) mass is 773 g/mol. The molecule has 3 aliphatic rings. The van der Waals surface area contributed by atoms with Gasteiger partial charge in [0.25, 0.3) is 0 Å². The van der Waals surface area contributed by atoms with E-state index in [9.17, 15) is 24.9 Å². The van der Waals surface area contributed by atoms with E-state index in [2.05, 4.69) is 36.2 Å². The van der Waals surface area contributed by atoms with E-state index in [1.165, 1.54) is 34.0 Å². The van der Waals surface area contributed by atoms with Crippen LogP contribution in [0.25, 0.3) is 0 Å². The van der Waals surface area contributed by atoms with Gasteiger partial charge in [-0.2, -0.15) is 0 Å². The summed E-state index contributed by atoms with van der Waals surface area (Å²) < 4.78 is 18.5. The Morgan fingerprint density at radius 1 is 1.00 bits per heavy atom. The lowest BCUT2D eigenvalue weighted by molar-refractivity contribution is -0.205. The van der Waals surface area contributed by atoms with Gasteiger partial charge in [-0.3, -0.25) is 9.69 Å². The predicted molar refractivity (Wildman–Crippen MR) is 209 cm³/mol. The molecule has 2 unspecified atom stereocenters. The molecule has 0 spiro atoms. The smallest absolute Gasteiger partial charge is 0.410 e. The summed E-state index contributed by atoms with van der Waals surface area (Å²) >= 11 is 2.74. The fourth-order valence-electron chi connectivity index (χ4n) is 7.88. The number of rotatable bonds is 14. The third kappa shape index (κ3) is 10.9. The summed E-state index contributed by atoms with van der Waals surface area (Å²) in [6, 6.07) is 15.9. The van der Waals surface area contributed by atoms with Crippen molar-refractivity contribution < 1.29 is 39.1 Å². The lowest BCUT2D eigenvalue weighted by atomic mass is 9.85. The zero-order valence-electron chi connectivity index (χ0n) is 31.9. The Balaban J connectivity index is 1.42. The first-order valence-electron chi connectivity index (χ1n) is 18.9. The number of carbonyl (C=O) groups is 2. The fraction of sp³-hybridized carbons (Fsp3) is 0.650. The first-order chi connectivity index (χ1) is 25.4. The molecule has 4 N–H and O–H groups in total. The van der Waals surface area contributed by atoms with E-state index < -0.39 is 60.0 Å². The van der Waals surface area contributed by atoms with Gasteiger partial charge in [-0.1, -0.05) is 63.2 Å². The molecule has 3 fully saturated rings. The molecule has 2 aromatic rings. The van der Waals surface area contributed by atoms with Crippen LogP contribution in [0.4, 0.5) is 4.79 Å².